The van der Waals surface area contributed by atoms with E-state index in [0.29, 0.717) is 5.56 Å². The number of amidine groups is 1. The lowest BCUT2D eigenvalue weighted by Crippen LogP contribution is -2.39. The van der Waals surface area contributed by atoms with Crippen LogP contribution in [0.3, 0.4) is 0 Å². The van der Waals surface area contributed by atoms with Gasteiger partial charge in [-0.25, -0.2) is 13.6 Å². The Morgan fingerprint density at radius 2 is 2.03 bits per heavy atom. The van der Waals surface area contributed by atoms with E-state index < -0.39 is 23.5 Å². The van der Waals surface area contributed by atoms with Crippen LogP contribution in [-0.4, -0.2) is 36.3 Å². The van der Waals surface area contributed by atoms with Gasteiger partial charge >= 0.3 is 6.09 Å². The molecule has 2 fully saturated rings. The number of thiophene rings is 1. The molecule has 1 saturated carbocycles. The normalized spacial score (nSPS) is 23.4. The van der Waals surface area contributed by atoms with Crippen molar-refractivity contribution in [1.82, 2.24) is 16.0 Å². The Labute approximate surface area is 181 Å². The summed E-state index contributed by atoms with van der Waals surface area (Å²) in [6.07, 6.45) is -0.747. The van der Waals surface area contributed by atoms with E-state index in [4.69, 9.17) is 10.1 Å². The highest BCUT2D eigenvalue weighted by atomic mass is 32.1. The van der Waals surface area contributed by atoms with Crippen LogP contribution in [0.15, 0.2) is 41.8 Å². The molecule has 2 aliphatic rings. The molecule has 2 heterocycles. The number of amides is 2. The van der Waals surface area contributed by atoms with Gasteiger partial charge in [0, 0.05) is 28.8 Å². The Morgan fingerprint density at radius 3 is 2.71 bits per heavy atom. The summed E-state index contributed by atoms with van der Waals surface area (Å²) in [4.78, 5) is 24.9. The molecule has 7 nitrogen and oxygen atoms in total. The van der Waals surface area contributed by atoms with Crippen molar-refractivity contribution in [1.29, 1.82) is 5.41 Å². The number of benzene rings is 1. The lowest BCUT2D eigenvalue weighted by atomic mass is 10.0. The van der Waals surface area contributed by atoms with E-state index in [-0.39, 0.29) is 44.3 Å². The predicted molar refractivity (Wildman–Crippen MR) is 111 cm³/mol. The summed E-state index contributed by atoms with van der Waals surface area (Å²) in [6, 6.07) is 10.3. The first-order valence-electron chi connectivity index (χ1n) is 9.81. The van der Waals surface area contributed by atoms with Crippen LogP contribution in [0.2, 0.25) is 0 Å². The average molecular weight is 448 g/mol. The SMILES string of the molecule is N=C(NC(=O)OCc1ccccc1)c1csc(CNC(=O)[C@@H]2C[C@@]3(CN2)CC3(F)F)c1. The summed E-state index contributed by atoms with van der Waals surface area (Å²) in [5.74, 6) is -3.10. The molecule has 1 spiro atoms. The quantitative estimate of drug-likeness (QED) is 0.403. The summed E-state index contributed by atoms with van der Waals surface area (Å²) >= 11 is 1.32. The van der Waals surface area contributed by atoms with Crippen molar-refractivity contribution in [2.24, 2.45) is 5.41 Å². The highest BCUT2D eigenvalue weighted by molar-refractivity contribution is 7.10. The predicted octanol–water partition coefficient (Wildman–Crippen LogP) is 3.00. The van der Waals surface area contributed by atoms with Gasteiger partial charge in [-0.1, -0.05) is 30.3 Å². The Bertz CT molecular complexity index is 998. The maximum atomic E-state index is 13.5. The van der Waals surface area contributed by atoms with Crippen molar-refractivity contribution in [2.45, 2.75) is 38.0 Å². The fourth-order valence-corrected chi connectivity index (χ4v) is 4.48. The number of hydrogen-bond acceptors (Lipinski definition) is 6. The highest BCUT2D eigenvalue weighted by Crippen LogP contribution is 2.64. The minimum Gasteiger partial charge on any atom is -0.444 e. The lowest BCUT2D eigenvalue weighted by Gasteiger charge is -2.10. The fraction of sp³-hybridized carbons (Fsp3) is 0.381. The number of carbonyl (C=O) groups excluding carboxylic acids is 2. The van der Waals surface area contributed by atoms with Crippen molar-refractivity contribution in [2.75, 3.05) is 6.54 Å². The van der Waals surface area contributed by atoms with Gasteiger partial charge in [-0.2, -0.15) is 0 Å². The summed E-state index contributed by atoms with van der Waals surface area (Å²) in [7, 11) is 0. The summed E-state index contributed by atoms with van der Waals surface area (Å²) < 4.78 is 32.0. The molecule has 1 aromatic carbocycles. The molecule has 2 aromatic rings. The molecule has 2 amide bonds. The number of nitrogens with one attached hydrogen (secondary N) is 4. The minimum atomic E-state index is -2.67. The molecule has 10 heteroatoms. The molecule has 2 atom stereocenters. The van der Waals surface area contributed by atoms with Gasteiger partial charge < -0.3 is 15.4 Å². The van der Waals surface area contributed by atoms with Crippen molar-refractivity contribution in [3.05, 3.63) is 57.8 Å². The topological polar surface area (TPSA) is 103 Å². The molecule has 1 aliphatic carbocycles. The molecule has 4 rings (SSSR count). The van der Waals surface area contributed by atoms with Gasteiger partial charge in [0.1, 0.15) is 12.4 Å². The van der Waals surface area contributed by atoms with Crippen LogP contribution in [0.1, 0.15) is 28.8 Å². The molecule has 0 radical (unpaired) electrons. The fourth-order valence-electron chi connectivity index (χ4n) is 3.67. The second kappa shape index (κ2) is 8.35. The van der Waals surface area contributed by atoms with Crippen molar-refractivity contribution < 1.29 is 23.1 Å². The van der Waals surface area contributed by atoms with E-state index in [1.54, 1.807) is 11.4 Å². The number of hydrogen-bond donors (Lipinski definition) is 4. The zero-order chi connectivity index (χ0) is 22.1. The second-order valence-corrected chi connectivity index (χ2v) is 8.88. The van der Waals surface area contributed by atoms with E-state index in [0.717, 1.165) is 10.4 Å². The molecule has 0 bridgehead atoms. The molecular weight excluding hydrogens is 426 g/mol. The summed E-state index contributed by atoms with van der Waals surface area (Å²) in [5, 5.41) is 17.7. The van der Waals surface area contributed by atoms with Gasteiger partial charge in [-0.3, -0.25) is 15.5 Å². The Balaban J connectivity index is 1.21. The molecule has 4 N–H and O–H groups in total. The monoisotopic (exact) mass is 448 g/mol. The van der Waals surface area contributed by atoms with E-state index >= 15 is 0 Å². The zero-order valence-corrected chi connectivity index (χ0v) is 17.4. The third kappa shape index (κ3) is 4.75. The number of ether oxygens (including phenoxy) is 1. The molecular formula is C21H22F2N4O3S. The van der Waals surface area contributed by atoms with Crippen LogP contribution in [0.5, 0.6) is 0 Å². The van der Waals surface area contributed by atoms with E-state index in [2.05, 4.69) is 16.0 Å². The van der Waals surface area contributed by atoms with Crippen LogP contribution in [0.4, 0.5) is 13.6 Å². The van der Waals surface area contributed by atoms with Crippen molar-refractivity contribution in [3.8, 4) is 0 Å². The molecule has 1 aliphatic heterocycles. The number of alkyl carbamates (subject to hydrolysis) is 1. The van der Waals surface area contributed by atoms with Crippen LogP contribution < -0.4 is 16.0 Å². The molecule has 0 unspecified atom stereocenters. The van der Waals surface area contributed by atoms with Gasteiger partial charge in [0.05, 0.1) is 18.0 Å². The highest BCUT2D eigenvalue weighted by Gasteiger charge is 2.73. The van der Waals surface area contributed by atoms with Crippen molar-refractivity contribution in [3.63, 3.8) is 0 Å². The van der Waals surface area contributed by atoms with Crippen LogP contribution in [-0.2, 0) is 22.7 Å². The smallest absolute Gasteiger partial charge is 0.413 e. The Kier molecular flexibility index (Phi) is 5.76. The summed E-state index contributed by atoms with van der Waals surface area (Å²) in [5.41, 5.74) is 0.272. The van der Waals surface area contributed by atoms with Crippen LogP contribution in [0, 0.1) is 10.8 Å². The van der Waals surface area contributed by atoms with Crippen LogP contribution >= 0.6 is 11.3 Å². The average Bonchev–Trinajstić information content (AvgIpc) is 3.15. The van der Waals surface area contributed by atoms with E-state index in [1.165, 1.54) is 11.3 Å². The number of carbonyl (C=O) groups is 2. The standard InChI is InChI=1S/C21H22F2N4O3S/c22-21(23)11-20(21)7-16(26-12-20)18(28)25-8-15-6-14(10-31-15)17(24)27-19(29)30-9-13-4-2-1-3-5-13/h1-6,10,16,26H,7-9,11-12H2,(H,25,28)(H2,24,27,29)/t16-,20-/m0/s1. The van der Waals surface area contributed by atoms with Gasteiger partial charge in [0.25, 0.3) is 5.92 Å². The van der Waals surface area contributed by atoms with E-state index in [9.17, 15) is 18.4 Å². The van der Waals surface area contributed by atoms with Gasteiger partial charge in [0.2, 0.25) is 5.91 Å². The van der Waals surface area contributed by atoms with E-state index in [1.807, 2.05) is 30.3 Å². The summed E-state index contributed by atoms with van der Waals surface area (Å²) in [6.45, 7) is 0.477. The number of halogens is 2. The van der Waals surface area contributed by atoms with Gasteiger partial charge in [-0.05, 0) is 18.1 Å². The molecule has 1 saturated heterocycles. The first kappa shape index (κ1) is 21.4. The maximum Gasteiger partial charge on any atom is 0.413 e. The third-order valence-corrected chi connectivity index (χ3v) is 6.57. The number of alkyl halides is 2. The Morgan fingerprint density at radius 1 is 1.29 bits per heavy atom. The largest absolute Gasteiger partial charge is 0.444 e. The number of rotatable bonds is 6. The minimum absolute atomic E-state index is 0.100. The van der Waals surface area contributed by atoms with Crippen molar-refractivity contribution >= 4 is 29.2 Å². The maximum absolute atomic E-state index is 13.5. The van der Waals surface area contributed by atoms with Crippen LogP contribution in [0.25, 0.3) is 0 Å². The van der Waals surface area contributed by atoms with Gasteiger partial charge in [-0.15, -0.1) is 11.3 Å². The zero-order valence-electron chi connectivity index (χ0n) is 16.5. The molecule has 1 aromatic heterocycles. The first-order valence-corrected chi connectivity index (χ1v) is 10.7. The third-order valence-electron chi connectivity index (χ3n) is 5.63. The molecule has 164 valence electrons. The lowest BCUT2D eigenvalue weighted by molar-refractivity contribution is -0.123. The van der Waals surface area contributed by atoms with Gasteiger partial charge in [0.15, 0.2) is 0 Å². The second-order valence-electron chi connectivity index (χ2n) is 7.88. The molecule has 31 heavy (non-hydrogen) atoms. The first-order chi connectivity index (χ1) is 14.8. The Hall–Kier alpha value is -2.85.